The number of phenols is 1. The summed E-state index contributed by atoms with van der Waals surface area (Å²) in [7, 11) is 1.48. The van der Waals surface area contributed by atoms with Crippen LogP contribution < -0.4 is 10.1 Å². The number of hydrogen-bond acceptors (Lipinski definition) is 5. The number of halogens is 1. The first kappa shape index (κ1) is 19.9. The minimum atomic E-state index is -0.313. The maximum atomic E-state index is 13.2. The van der Waals surface area contributed by atoms with E-state index >= 15 is 0 Å². The lowest BCUT2D eigenvalue weighted by Crippen LogP contribution is -2.13. The van der Waals surface area contributed by atoms with Crippen molar-refractivity contribution in [1.82, 2.24) is 4.98 Å². The van der Waals surface area contributed by atoms with Crippen molar-refractivity contribution in [1.29, 1.82) is 0 Å². The normalized spacial score (nSPS) is 11.5. The number of fused-ring (bicyclic) bond motifs is 1. The molecule has 0 aliphatic carbocycles. The standard InChI is InChI=1S/C23H17ClN2O3S/c1-29-20-11-6-14(13-19(20)27)12-17(22(28)25-16-9-7-15(24)8-10-16)23-26-18-4-2-3-5-21(18)30-23/h2-13,27H,1H3,(H,25,28)/b17-12-. The maximum absolute atomic E-state index is 13.2. The molecule has 150 valence electrons. The number of thiazole rings is 1. The lowest BCUT2D eigenvalue weighted by atomic mass is 10.1. The molecule has 0 saturated heterocycles. The summed E-state index contributed by atoms with van der Waals surface area (Å²) in [5, 5.41) is 14.2. The number of carbonyl (C=O) groups is 1. The molecule has 0 fully saturated rings. The summed E-state index contributed by atoms with van der Waals surface area (Å²) in [6.45, 7) is 0. The van der Waals surface area contributed by atoms with Gasteiger partial charge in [0, 0.05) is 10.7 Å². The van der Waals surface area contributed by atoms with Gasteiger partial charge in [0.15, 0.2) is 11.5 Å². The number of rotatable bonds is 5. The third-order valence-corrected chi connectivity index (χ3v) is 5.71. The molecule has 0 aliphatic rings. The van der Waals surface area contributed by atoms with E-state index in [0.29, 0.717) is 32.6 Å². The highest BCUT2D eigenvalue weighted by molar-refractivity contribution is 7.19. The number of para-hydroxylation sites is 1. The van der Waals surface area contributed by atoms with Gasteiger partial charge in [0.05, 0.1) is 22.9 Å². The van der Waals surface area contributed by atoms with Gasteiger partial charge in [-0.05, 0) is 60.2 Å². The van der Waals surface area contributed by atoms with Crippen molar-refractivity contribution >= 4 is 56.4 Å². The van der Waals surface area contributed by atoms with E-state index < -0.39 is 0 Å². The van der Waals surface area contributed by atoms with Crippen LogP contribution in [0.4, 0.5) is 5.69 Å². The van der Waals surface area contributed by atoms with Gasteiger partial charge in [-0.15, -0.1) is 11.3 Å². The predicted octanol–water partition coefficient (Wildman–Crippen LogP) is 5.84. The second-order valence-electron chi connectivity index (χ2n) is 6.44. The third kappa shape index (κ3) is 4.30. The van der Waals surface area contributed by atoms with Crippen LogP contribution in [0.3, 0.4) is 0 Å². The smallest absolute Gasteiger partial charge is 0.258 e. The van der Waals surface area contributed by atoms with Gasteiger partial charge in [-0.3, -0.25) is 4.79 Å². The van der Waals surface area contributed by atoms with Crippen molar-refractivity contribution in [2.24, 2.45) is 0 Å². The number of nitrogens with one attached hydrogen (secondary N) is 1. The van der Waals surface area contributed by atoms with Crippen molar-refractivity contribution in [3.8, 4) is 11.5 Å². The number of aromatic hydroxyl groups is 1. The van der Waals surface area contributed by atoms with Crippen molar-refractivity contribution < 1.29 is 14.6 Å². The quantitative estimate of drug-likeness (QED) is 0.385. The topological polar surface area (TPSA) is 71.5 Å². The second-order valence-corrected chi connectivity index (χ2v) is 7.90. The molecule has 0 spiro atoms. The van der Waals surface area contributed by atoms with Gasteiger partial charge >= 0.3 is 0 Å². The van der Waals surface area contributed by atoms with E-state index in [0.717, 1.165) is 10.2 Å². The summed E-state index contributed by atoms with van der Waals surface area (Å²) in [5.41, 5.74) is 2.47. The molecule has 5 nitrogen and oxygen atoms in total. The Labute approximate surface area is 182 Å². The Hall–Kier alpha value is -3.35. The summed E-state index contributed by atoms with van der Waals surface area (Å²) in [5.74, 6) is 0.0407. The zero-order chi connectivity index (χ0) is 21.1. The minimum Gasteiger partial charge on any atom is -0.504 e. The zero-order valence-corrected chi connectivity index (χ0v) is 17.5. The summed E-state index contributed by atoms with van der Waals surface area (Å²) in [6, 6.07) is 19.5. The number of ether oxygens (including phenoxy) is 1. The van der Waals surface area contributed by atoms with Crippen LogP contribution in [-0.2, 0) is 4.79 Å². The van der Waals surface area contributed by atoms with Crippen LogP contribution in [0.1, 0.15) is 10.6 Å². The van der Waals surface area contributed by atoms with Gasteiger partial charge in [0.1, 0.15) is 5.01 Å². The third-order valence-electron chi connectivity index (χ3n) is 4.38. The van der Waals surface area contributed by atoms with E-state index in [4.69, 9.17) is 16.3 Å². The number of nitrogens with zero attached hydrogens (tertiary/aromatic N) is 1. The summed E-state index contributed by atoms with van der Waals surface area (Å²) < 4.78 is 6.08. The molecule has 0 aliphatic heterocycles. The number of carbonyl (C=O) groups excluding carboxylic acids is 1. The number of amides is 1. The average molecular weight is 437 g/mol. The largest absolute Gasteiger partial charge is 0.504 e. The highest BCUT2D eigenvalue weighted by atomic mass is 35.5. The highest BCUT2D eigenvalue weighted by Gasteiger charge is 2.17. The first-order chi connectivity index (χ1) is 14.5. The first-order valence-electron chi connectivity index (χ1n) is 9.05. The van der Waals surface area contributed by atoms with E-state index in [2.05, 4.69) is 10.3 Å². The molecule has 1 amide bonds. The molecule has 1 heterocycles. The fourth-order valence-electron chi connectivity index (χ4n) is 2.91. The summed E-state index contributed by atoms with van der Waals surface area (Å²) >= 11 is 7.36. The fourth-order valence-corrected chi connectivity index (χ4v) is 4.01. The molecule has 7 heteroatoms. The second kappa shape index (κ2) is 8.57. The highest BCUT2D eigenvalue weighted by Crippen LogP contribution is 2.32. The van der Waals surface area contributed by atoms with Gasteiger partial charge in [0.2, 0.25) is 0 Å². The Balaban J connectivity index is 1.76. The molecular weight excluding hydrogens is 420 g/mol. The molecule has 30 heavy (non-hydrogen) atoms. The van der Waals surface area contributed by atoms with Crippen LogP contribution >= 0.6 is 22.9 Å². The van der Waals surface area contributed by atoms with E-state index in [1.54, 1.807) is 48.5 Å². The van der Waals surface area contributed by atoms with Crippen LogP contribution in [0.25, 0.3) is 21.9 Å². The summed E-state index contributed by atoms with van der Waals surface area (Å²) in [4.78, 5) is 17.8. The Morgan fingerprint density at radius 3 is 2.60 bits per heavy atom. The fraction of sp³-hybridized carbons (Fsp3) is 0.0435. The summed E-state index contributed by atoms with van der Waals surface area (Å²) in [6.07, 6.45) is 1.70. The van der Waals surface area contributed by atoms with Crippen molar-refractivity contribution in [3.05, 3.63) is 82.3 Å². The number of aromatic nitrogens is 1. The van der Waals surface area contributed by atoms with Crippen LogP contribution in [-0.4, -0.2) is 23.1 Å². The monoisotopic (exact) mass is 436 g/mol. The molecule has 0 bridgehead atoms. The van der Waals surface area contributed by atoms with Crippen LogP contribution in [0, 0.1) is 0 Å². The number of hydrogen-bond donors (Lipinski definition) is 2. The minimum absolute atomic E-state index is 0.00647. The van der Waals surface area contributed by atoms with E-state index in [9.17, 15) is 9.90 Å². The van der Waals surface area contributed by atoms with E-state index in [1.165, 1.54) is 18.4 Å². The van der Waals surface area contributed by atoms with Crippen molar-refractivity contribution in [2.45, 2.75) is 0 Å². The lowest BCUT2D eigenvalue weighted by Gasteiger charge is -2.08. The molecule has 3 aromatic carbocycles. The molecule has 0 saturated carbocycles. The number of benzene rings is 3. The van der Waals surface area contributed by atoms with Crippen LogP contribution in [0.15, 0.2) is 66.7 Å². The Morgan fingerprint density at radius 2 is 1.90 bits per heavy atom. The average Bonchev–Trinajstić information content (AvgIpc) is 3.17. The zero-order valence-electron chi connectivity index (χ0n) is 15.9. The van der Waals surface area contributed by atoms with E-state index in [-0.39, 0.29) is 11.7 Å². The molecule has 4 aromatic rings. The Morgan fingerprint density at radius 1 is 1.13 bits per heavy atom. The van der Waals surface area contributed by atoms with Gasteiger partial charge in [-0.2, -0.15) is 0 Å². The van der Waals surface area contributed by atoms with Gasteiger partial charge in [-0.25, -0.2) is 4.98 Å². The van der Waals surface area contributed by atoms with E-state index in [1.807, 2.05) is 24.3 Å². The lowest BCUT2D eigenvalue weighted by molar-refractivity contribution is -0.111. The van der Waals surface area contributed by atoms with Gasteiger partial charge in [-0.1, -0.05) is 29.8 Å². The van der Waals surface area contributed by atoms with Crippen molar-refractivity contribution in [3.63, 3.8) is 0 Å². The van der Waals surface area contributed by atoms with Crippen LogP contribution in [0.5, 0.6) is 11.5 Å². The van der Waals surface area contributed by atoms with Gasteiger partial charge < -0.3 is 15.2 Å². The molecule has 1 aromatic heterocycles. The Kier molecular flexibility index (Phi) is 5.70. The van der Waals surface area contributed by atoms with Crippen molar-refractivity contribution in [2.75, 3.05) is 12.4 Å². The SMILES string of the molecule is COc1ccc(/C=C(/C(=O)Nc2ccc(Cl)cc2)c2nc3ccccc3s2)cc1O. The predicted molar refractivity (Wildman–Crippen MR) is 122 cm³/mol. The number of methoxy groups -OCH3 is 1. The Bertz CT molecular complexity index is 1220. The molecule has 0 radical (unpaired) electrons. The first-order valence-corrected chi connectivity index (χ1v) is 10.2. The van der Waals surface area contributed by atoms with Gasteiger partial charge in [0.25, 0.3) is 5.91 Å². The molecular formula is C23H17ClN2O3S. The molecule has 4 rings (SSSR count). The maximum Gasteiger partial charge on any atom is 0.258 e. The van der Waals surface area contributed by atoms with Crippen LogP contribution in [0.2, 0.25) is 5.02 Å². The molecule has 2 N–H and O–H groups in total. The molecule has 0 unspecified atom stereocenters. The molecule has 0 atom stereocenters. The number of phenolic OH excluding ortho intramolecular Hbond substituents is 1. The number of anilines is 1.